The minimum Gasteiger partial charge on any atom is -0.296 e. The Labute approximate surface area is 118 Å². The number of nitrogens with zero attached hydrogens (tertiary/aromatic N) is 2. The van der Waals surface area contributed by atoms with Crippen LogP contribution in [-0.2, 0) is 9.84 Å². The van der Waals surface area contributed by atoms with Crippen LogP contribution in [0.15, 0.2) is 28.6 Å². The summed E-state index contributed by atoms with van der Waals surface area (Å²) in [6, 6.07) is 6.50. The van der Waals surface area contributed by atoms with E-state index in [9.17, 15) is 13.2 Å². The van der Waals surface area contributed by atoms with E-state index in [2.05, 4.69) is 15.5 Å². The van der Waals surface area contributed by atoms with Gasteiger partial charge in [0.05, 0.1) is 10.6 Å². The van der Waals surface area contributed by atoms with Crippen molar-refractivity contribution in [1.29, 1.82) is 0 Å². The first kappa shape index (κ1) is 13.9. The fourth-order valence-electron chi connectivity index (χ4n) is 1.22. The van der Waals surface area contributed by atoms with Crippen LogP contribution in [0, 0.1) is 0 Å². The molecule has 9 heteroatoms. The van der Waals surface area contributed by atoms with Crippen LogP contribution >= 0.6 is 22.9 Å². The predicted molar refractivity (Wildman–Crippen MR) is 72.4 cm³/mol. The van der Waals surface area contributed by atoms with Crippen LogP contribution in [0.4, 0.5) is 5.13 Å². The Morgan fingerprint density at radius 1 is 1.32 bits per heavy atom. The molecule has 0 radical (unpaired) electrons. The van der Waals surface area contributed by atoms with Gasteiger partial charge in [-0.2, -0.15) is 0 Å². The van der Waals surface area contributed by atoms with E-state index in [1.165, 1.54) is 0 Å². The molecule has 0 fully saturated rings. The van der Waals surface area contributed by atoms with Crippen molar-refractivity contribution in [3.63, 3.8) is 0 Å². The molecule has 0 aliphatic heterocycles. The lowest BCUT2D eigenvalue weighted by Gasteiger charge is -2.02. The minimum atomic E-state index is -3.42. The Balaban J connectivity index is 2.21. The van der Waals surface area contributed by atoms with E-state index in [1.54, 1.807) is 24.3 Å². The third-order valence-corrected chi connectivity index (χ3v) is 4.90. The molecular formula is C10H8ClN3O3S2. The van der Waals surface area contributed by atoms with Crippen LogP contribution in [0.5, 0.6) is 0 Å². The zero-order valence-corrected chi connectivity index (χ0v) is 12.0. The van der Waals surface area contributed by atoms with Crippen LogP contribution in [0.1, 0.15) is 10.4 Å². The van der Waals surface area contributed by atoms with E-state index in [4.69, 9.17) is 11.6 Å². The topological polar surface area (TPSA) is 89.0 Å². The van der Waals surface area contributed by atoms with Crippen molar-refractivity contribution in [2.75, 3.05) is 11.6 Å². The smallest absolute Gasteiger partial charge is 0.259 e. The van der Waals surface area contributed by atoms with Crippen molar-refractivity contribution < 1.29 is 13.2 Å². The molecule has 2 rings (SSSR count). The number of hydrogen-bond donors (Lipinski definition) is 1. The average Bonchev–Trinajstić information content (AvgIpc) is 2.77. The summed E-state index contributed by atoms with van der Waals surface area (Å²) < 4.78 is 22.3. The lowest BCUT2D eigenvalue weighted by atomic mass is 10.2. The fraction of sp³-hybridized carbons (Fsp3) is 0.100. The van der Waals surface area contributed by atoms with E-state index in [-0.39, 0.29) is 15.0 Å². The van der Waals surface area contributed by atoms with Crippen molar-refractivity contribution in [2.24, 2.45) is 0 Å². The summed E-state index contributed by atoms with van der Waals surface area (Å²) >= 11 is 6.66. The number of hydrogen-bond acceptors (Lipinski definition) is 6. The highest BCUT2D eigenvalue weighted by molar-refractivity contribution is 7.92. The highest BCUT2D eigenvalue weighted by Crippen LogP contribution is 2.21. The molecule has 0 spiro atoms. The molecule has 0 saturated heterocycles. The second-order valence-corrected chi connectivity index (χ2v) is 7.15. The summed E-state index contributed by atoms with van der Waals surface area (Å²) in [7, 11) is -3.42. The largest absolute Gasteiger partial charge is 0.296 e. The van der Waals surface area contributed by atoms with Crippen molar-refractivity contribution in [3.8, 4) is 0 Å². The van der Waals surface area contributed by atoms with Gasteiger partial charge in [0.15, 0.2) is 0 Å². The van der Waals surface area contributed by atoms with E-state index < -0.39 is 15.7 Å². The molecule has 0 unspecified atom stereocenters. The van der Waals surface area contributed by atoms with Crippen LogP contribution in [-0.4, -0.2) is 30.8 Å². The van der Waals surface area contributed by atoms with E-state index >= 15 is 0 Å². The lowest BCUT2D eigenvalue weighted by Crippen LogP contribution is -2.12. The quantitative estimate of drug-likeness (QED) is 0.873. The van der Waals surface area contributed by atoms with Crippen molar-refractivity contribution in [3.05, 3.63) is 34.9 Å². The standard InChI is InChI=1S/C10H8ClN3O3S2/c1-19(16,17)10-14-13-9(18-10)12-8(15)6-4-2-3-5-7(6)11/h2-5H,1H3,(H,12,13,15). The summed E-state index contributed by atoms with van der Waals surface area (Å²) in [5, 5.41) is 9.93. The fourth-order valence-corrected chi connectivity index (χ4v) is 2.95. The first-order valence-electron chi connectivity index (χ1n) is 4.97. The van der Waals surface area contributed by atoms with E-state index in [0.717, 1.165) is 17.6 Å². The number of carbonyl (C=O) groups is 1. The Morgan fingerprint density at radius 2 is 2.00 bits per heavy atom. The second-order valence-electron chi connectivity index (χ2n) is 3.58. The third kappa shape index (κ3) is 3.28. The summed E-state index contributed by atoms with van der Waals surface area (Å²) in [5.74, 6) is -0.471. The van der Waals surface area contributed by atoms with Crippen LogP contribution in [0.3, 0.4) is 0 Å². The van der Waals surface area contributed by atoms with Gasteiger partial charge in [-0.05, 0) is 12.1 Å². The molecule has 6 nitrogen and oxygen atoms in total. The Kier molecular flexibility index (Phi) is 3.83. The first-order chi connectivity index (χ1) is 8.88. The van der Waals surface area contributed by atoms with Crippen LogP contribution < -0.4 is 5.32 Å². The second kappa shape index (κ2) is 5.24. The van der Waals surface area contributed by atoms with Gasteiger partial charge in [0.25, 0.3) is 5.91 Å². The molecule has 1 heterocycles. The number of sulfone groups is 1. The Bertz CT molecular complexity index is 727. The SMILES string of the molecule is CS(=O)(=O)c1nnc(NC(=O)c2ccccc2Cl)s1. The molecule has 1 aromatic carbocycles. The highest BCUT2D eigenvalue weighted by Gasteiger charge is 2.17. The van der Waals surface area contributed by atoms with Crippen molar-refractivity contribution in [2.45, 2.75) is 4.34 Å². The normalized spacial score (nSPS) is 11.3. The predicted octanol–water partition coefficient (Wildman–Crippen LogP) is 1.85. The Hall–Kier alpha value is -1.51. The van der Waals surface area contributed by atoms with Crippen LogP contribution in [0.25, 0.3) is 0 Å². The summed E-state index contributed by atoms with van der Waals surface area (Å²) in [6.45, 7) is 0. The summed E-state index contributed by atoms with van der Waals surface area (Å²) in [4.78, 5) is 11.9. The van der Waals surface area contributed by atoms with Gasteiger partial charge in [-0.3, -0.25) is 10.1 Å². The summed E-state index contributed by atoms with van der Waals surface area (Å²) in [5.41, 5.74) is 0.278. The van der Waals surface area contributed by atoms with Crippen molar-refractivity contribution in [1.82, 2.24) is 10.2 Å². The lowest BCUT2D eigenvalue weighted by molar-refractivity contribution is 0.102. The number of nitrogens with one attached hydrogen (secondary N) is 1. The Morgan fingerprint density at radius 3 is 2.58 bits per heavy atom. The molecule has 1 N–H and O–H groups in total. The van der Waals surface area contributed by atoms with Gasteiger partial charge in [-0.15, -0.1) is 10.2 Å². The minimum absolute atomic E-state index is 0.102. The number of benzene rings is 1. The first-order valence-corrected chi connectivity index (χ1v) is 8.06. The molecular weight excluding hydrogens is 310 g/mol. The molecule has 1 aromatic heterocycles. The average molecular weight is 318 g/mol. The van der Waals surface area contributed by atoms with Gasteiger partial charge in [0, 0.05) is 6.26 Å². The molecule has 1 amide bonds. The summed E-state index contributed by atoms with van der Waals surface area (Å²) in [6.07, 6.45) is 1.02. The maximum atomic E-state index is 11.9. The monoisotopic (exact) mass is 317 g/mol. The van der Waals surface area contributed by atoms with Gasteiger partial charge in [-0.25, -0.2) is 8.42 Å². The molecule has 19 heavy (non-hydrogen) atoms. The highest BCUT2D eigenvalue weighted by atomic mass is 35.5. The maximum Gasteiger partial charge on any atom is 0.259 e. The van der Waals surface area contributed by atoms with Gasteiger partial charge in [-0.1, -0.05) is 35.1 Å². The van der Waals surface area contributed by atoms with Crippen LogP contribution in [0.2, 0.25) is 5.02 Å². The zero-order valence-electron chi connectivity index (χ0n) is 9.62. The number of rotatable bonds is 3. The van der Waals surface area contributed by atoms with Crippen molar-refractivity contribution >= 4 is 43.8 Å². The molecule has 0 aliphatic rings. The molecule has 0 saturated carbocycles. The molecule has 0 bridgehead atoms. The maximum absolute atomic E-state index is 11.9. The number of anilines is 1. The van der Waals surface area contributed by atoms with Gasteiger partial charge >= 0.3 is 0 Å². The van der Waals surface area contributed by atoms with Gasteiger partial charge in [0.1, 0.15) is 0 Å². The molecule has 0 atom stereocenters. The third-order valence-electron chi connectivity index (χ3n) is 2.06. The number of amides is 1. The van der Waals surface area contributed by atoms with E-state index in [0.29, 0.717) is 5.02 Å². The van der Waals surface area contributed by atoms with E-state index in [1.807, 2.05) is 0 Å². The van der Waals surface area contributed by atoms with Gasteiger partial charge in [0.2, 0.25) is 19.3 Å². The van der Waals surface area contributed by atoms with Gasteiger partial charge < -0.3 is 0 Å². The zero-order chi connectivity index (χ0) is 14.0. The number of carbonyl (C=O) groups excluding carboxylic acids is 1. The number of aromatic nitrogens is 2. The molecule has 2 aromatic rings. The number of halogens is 1. The molecule has 100 valence electrons. The molecule has 0 aliphatic carbocycles.